The van der Waals surface area contributed by atoms with Gasteiger partial charge in [0.2, 0.25) is 5.55 Å². The quantitative estimate of drug-likeness (QED) is 0.460. The van der Waals surface area contributed by atoms with Crippen LogP contribution in [0.15, 0.2) is 80.8 Å². The van der Waals surface area contributed by atoms with Crippen molar-refractivity contribution in [2.24, 2.45) is 4.99 Å². The maximum atomic E-state index is 13.5. The van der Waals surface area contributed by atoms with E-state index in [2.05, 4.69) is 10.3 Å². The van der Waals surface area contributed by atoms with Crippen molar-refractivity contribution in [2.45, 2.75) is 12.7 Å². The summed E-state index contributed by atoms with van der Waals surface area (Å²) in [5.74, 6) is 0.280. The van der Waals surface area contributed by atoms with E-state index in [0.717, 1.165) is 6.07 Å². The van der Waals surface area contributed by atoms with E-state index in [1.807, 2.05) is 0 Å². The maximum absolute atomic E-state index is 13.5. The summed E-state index contributed by atoms with van der Waals surface area (Å²) in [6.07, 6.45) is -3.16. The van der Waals surface area contributed by atoms with Gasteiger partial charge < -0.3 is 18.9 Å². The predicted molar refractivity (Wildman–Crippen MR) is 109 cm³/mol. The van der Waals surface area contributed by atoms with Gasteiger partial charge in [0.25, 0.3) is 5.91 Å². The molecule has 0 atom stereocenters. The van der Waals surface area contributed by atoms with E-state index in [0.29, 0.717) is 16.9 Å². The van der Waals surface area contributed by atoms with Gasteiger partial charge in [0.05, 0.1) is 31.2 Å². The second-order valence-corrected chi connectivity index (χ2v) is 6.73. The number of para-hydroxylation sites is 2. The Hall–Kier alpha value is -4.01. The molecule has 0 saturated heterocycles. The van der Waals surface area contributed by atoms with Gasteiger partial charge in [-0.2, -0.15) is 13.2 Å². The lowest BCUT2D eigenvalue weighted by Gasteiger charge is -2.10. The number of ether oxygens (including phenoxy) is 1. The first-order valence-corrected chi connectivity index (χ1v) is 9.49. The van der Waals surface area contributed by atoms with Crippen molar-refractivity contribution < 1.29 is 31.5 Å². The lowest BCUT2D eigenvalue weighted by atomic mass is 10.1. The Labute approximate surface area is 180 Å². The number of halogens is 3. The summed E-state index contributed by atoms with van der Waals surface area (Å²) in [4.78, 5) is 17.0. The Bertz CT molecular complexity index is 1330. The number of nitrogens with one attached hydrogen (secondary N) is 1. The fourth-order valence-electron chi connectivity index (χ4n) is 3.13. The number of nitrogens with zero attached hydrogens (tertiary/aromatic N) is 1. The first-order valence-electron chi connectivity index (χ1n) is 9.49. The highest BCUT2D eigenvalue weighted by Gasteiger charge is 2.33. The molecular weight excluding hydrogens is 425 g/mol. The van der Waals surface area contributed by atoms with Crippen LogP contribution >= 0.6 is 0 Å². The second kappa shape index (κ2) is 8.62. The second-order valence-electron chi connectivity index (χ2n) is 6.73. The first-order chi connectivity index (χ1) is 15.4. The van der Waals surface area contributed by atoms with E-state index in [1.54, 1.807) is 30.3 Å². The fraction of sp³-hybridized carbons (Fsp3) is 0.130. The number of fused-ring (bicyclic) bond motifs is 1. The molecule has 0 aliphatic heterocycles. The smallest absolute Gasteiger partial charge is 0.418 e. The van der Waals surface area contributed by atoms with Gasteiger partial charge >= 0.3 is 6.18 Å². The maximum Gasteiger partial charge on any atom is 0.418 e. The highest BCUT2D eigenvalue weighted by molar-refractivity contribution is 5.97. The van der Waals surface area contributed by atoms with Crippen molar-refractivity contribution in [3.05, 3.63) is 89.4 Å². The van der Waals surface area contributed by atoms with Gasteiger partial charge in [0, 0.05) is 5.39 Å². The molecular formula is C23H17F3N2O4. The van der Waals surface area contributed by atoms with Crippen molar-refractivity contribution in [1.82, 2.24) is 5.32 Å². The van der Waals surface area contributed by atoms with Crippen LogP contribution in [0.3, 0.4) is 0 Å². The summed E-state index contributed by atoms with van der Waals surface area (Å²) < 4.78 is 56.7. The molecule has 9 heteroatoms. The highest BCUT2D eigenvalue weighted by Crippen LogP contribution is 2.36. The van der Waals surface area contributed by atoms with Gasteiger partial charge in [-0.1, -0.05) is 24.3 Å². The molecule has 4 aromatic rings. The molecule has 0 unspecified atom stereocenters. The molecule has 0 aliphatic carbocycles. The Balaban J connectivity index is 1.88. The molecule has 0 aliphatic rings. The van der Waals surface area contributed by atoms with Gasteiger partial charge in [-0.3, -0.25) is 4.79 Å². The average Bonchev–Trinajstić information content (AvgIpc) is 3.30. The van der Waals surface area contributed by atoms with Crippen LogP contribution in [0, 0.1) is 0 Å². The van der Waals surface area contributed by atoms with Crippen molar-refractivity contribution in [1.29, 1.82) is 0 Å². The lowest BCUT2D eigenvalue weighted by molar-refractivity contribution is -0.137. The van der Waals surface area contributed by atoms with Crippen molar-refractivity contribution in [3.63, 3.8) is 0 Å². The molecule has 2 aromatic carbocycles. The van der Waals surface area contributed by atoms with Crippen LogP contribution in [0.1, 0.15) is 21.7 Å². The van der Waals surface area contributed by atoms with E-state index >= 15 is 0 Å². The average molecular weight is 442 g/mol. The van der Waals surface area contributed by atoms with Crippen LogP contribution in [0.4, 0.5) is 18.9 Å². The SMILES string of the molecule is COc1cccc2cc(C(=O)NCc3ccco3)c(=Nc3ccccc3C(F)(F)F)oc12. The minimum absolute atomic E-state index is 0.0331. The van der Waals surface area contributed by atoms with Crippen LogP contribution in [0.25, 0.3) is 11.0 Å². The van der Waals surface area contributed by atoms with Crippen LogP contribution in [-0.4, -0.2) is 13.0 Å². The summed E-state index contributed by atoms with van der Waals surface area (Å²) in [6.45, 7) is 0.0839. The van der Waals surface area contributed by atoms with E-state index in [1.165, 1.54) is 37.6 Å². The monoisotopic (exact) mass is 442 g/mol. The first kappa shape index (κ1) is 21.2. The van der Waals surface area contributed by atoms with E-state index < -0.39 is 17.6 Å². The van der Waals surface area contributed by atoms with Crippen LogP contribution in [-0.2, 0) is 12.7 Å². The van der Waals surface area contributed by atoms with Gasteiger partial charge in [-0.25, -0.2) is 4.99 Å². The lowest BCUT2D eigenvalue weighted by Crippen LogP contribution is -2.28. The summed E-state index contributed by atoms with van der Waals surface area (Å²) in [6, 6.07) is 14.7. The molecule has 32 heavy (non-hydrogen) atoms. The number of hydrogen-bond acceptors (Lipinski definition) is 5. The Morgan fingerprint density at radius 1 is 1.09 bits per heavy atom. The zero-order chi connectivity index (χ0) is 22.7. The largest absolute Gasteiger partial charge is 0.493 e. The number of benzene rings is 2. The minimum atomic E-state index is -4.63. The minimum Gasteiger partial charge on any atom is -0.493 e. The van der Waals surface area contributed by atoms with Crippen molar-refractivity contribution in [2.75, 3.05) is 7.11 Å². The van der Waals surface area contributed by atoms with E-state index in [-0.39, 0.29) is 28.9 Å². The third kappa shape index (κ3) is 4.36. The van der Waals surface area contributed by atoms with Crippen LogP contribution in [0.2, 0.25) is 0 Å². The van der Waals surface area contributed by atoms with Crippen LogP contribution in [0.5, 0.6) is 5.75 Å². The fourth-order valence-corrected chi connectivity index (χ4v) is 3.13. The number of carbonyl (C=O) groups is 1. The Morgan fingerprint density at radius 3 is 2.62 bits per heavy atom. The molecule has 0 saturated carbocycles. The molecule has 0 fully saturated rings. The number of furan rings is 1. The molecule has 0 spiro atoms. The Kier molecular flexibility index (Phi) is 5.72. The standard InChI is InChI=1S/C23H17F3N2O4/c1-30-19-10-4-6-14-12-16(21(29)27-13-15-7-5-11-31-15)22(32-20(14)19)28-18-9-3-2-8-17(18)23(24,25)26/h2-12H,13H2,1H3,(H,27,29). The normalized spacial score (nSPS) is 12.2. The molecule has 1 N–H and O–H groups in total. The molecule has 164 valence electrons. The molecule has 2 aromatic heterocycles. The Morgan fingerprint density at radius 2 is 1.91 bits per heavy atom. The highest BCUT2D eigenvalue weighted by atomic mass is 19.4. The van der Waals surface area contributed by atoms with E-state index in [9.17, 15) is 18.0 Å². The summed E-state index contributed by atoms with van der Waals surface area (Å²) in [5.41, 5.74) is -1.39. The van der Waals surface area contributed by atoms with Crippen molar-refractivity contribution >= 4 is 22.6 Å². The molecule has 0 bridgehead atoms. The van der Waals surface area contributed by atoms with Gasteiger partial charge in [-0.15, -0.1) is 0 Å². The molecule has 1 amide bonds. The number of hydrogen-bond donors (Lipinski definition) is 1. The summed E-state index contributed by atoms with van der Waals surface area (Å²) >= 11 is 0. The number of carbonyl (C=O) groups excluding carboxylic acids is 1. The van der Waals surface area contributed by atoms with Gasteiger partial charge in [0.15, 0.2) is 11.3 Å². The topological polar surface area (TPSA) is 77.0 Å². The molecule has 0 radical (unpaired) electrons. The molecule has 6 nitrogen and oxygen atoms in total. The van der Waals surface area contributed by atoms with Gasteiger partial charge in [-0.05, 0) is 36.4 Å². The van der Waals surface area contributed by atoms with Crippen LogP contribution < -0.4 is 15.6 Å². The number of rotatable bonds is 5. The summed E-state index contributed by atoms with van der Waals surface area (Å²) in [7, 11) is 1.43. The third-order valence-electron chi connectivity index (χ3n) is 4.64. The predicted octanol–water partition coefficient (Wildman–Crippen LogP) is 5.22. The zero-order valence-electron chi connectivity index (χ0n) is 16.8. The third-order valence-corrected chi connectivity index (χ3v) is 4.64. The van der Waals surface area contributed by atoms with E-state index in [4.69, 9.17) is 13.6 Å². The zero-order valence-corrected chi connectivity index (χ0v) is 16.8. The summed E-state index contributed by atoms with van der Waals surface area (Å²) in [5, 5.41) is 3.18. The molecule has 2 heterocycles. The number of amides is 1. The van der Waals surface area contributed by atoms with Crippen molar-refractivity contribution in [3.8, 4) is 5.75 Å². The number of methoxy groups -OCH3 is 1. The van der Waals surface area contributed by atoms with Gasteiger partial charge in [0.1, 0.15) is 11.3 Å². The molecule has 4 rings (SSSR count). The number of alkyl halides is 3.